The fourth-order valence-electron chi connectivity index (χ4n) is 2.13. The van der Waals surface area contributed by atoms with E-state index < -0.39 is 10.0 Å². The van der Waals surface area contributed by atoms with E-state index in [1.165, 1.54) is 12.1 Å². The maximum Gasteiger partial charge on any atom is 0.276 e. The first-order valence-corrected chi connectivity index (χ1v) is 8.76. The molecular formula is C18H15N3O2S. The van der Waals surface area contributed by atoms with Gasteiger partial charge in [0.05, 0.1) is 10.6 Å². The van der Waals surface area contributed by atoms with E-state index in [-0.39, 0.29) is 4.90 Å². The highest BCUT2D eigenvalue weighted by atomic mass is 32.2. The Balaban J connectivity index is 1.99. The van der Waals surface area contributed by atoms with E-state index in [4.69, 9.17) is 0 Å². The number of hydrogen-bond donors (Lipinski definition) is 1. The van der Waals surface area contributed by atoms with Crippen LogP contribution in [0.3, 0.4) is 0 Å². The molecule has 0 atom stereocenters. The van der Waals surface area contributed by atoms with Crippen molar-refractivity contribution in [2.24, 2.45) is 5.10 Å². The summed E-state index contributed by atoms with van der Waals surface area (Å²) in [5.74, 6) is 0. The number of pyridine rings is 1. The van der Waals surface area contributed by atoms with Crippen LogP contribution in [0, 0.1) is 0 Å². The van der Waals surface area contributed by atoms with E-state index in [1.54, 1.807) is 36.5 Å². The van der Waals surface area contributed by atoms with Crippen LogP contribution < -0.4 is 4.83 Å². The highest BCUT2D eigenvalue weighted by Gasteiger charge is 2.14. The summed E-state index contributed by atoms with van der Waals surface area (Å²) in [7, 11) is -3.74. The van der Waals surface area contributed by atoms with Gasteiger partial charge in [0.1, 0.15) is 5.71 Å². The molecule has 0 aliphatic carbocycles. The molecule has 0 radical (unpaired) electrons. The average Bonchev–Trinajstić information content (AvgIpc) is 2.64. The fraction of sp³-hybridized carbons (Fsp3) is 0. The Hall–Kier alpha value is -2.99. The molecule has 1 N–H and O–H groups in total. The number of aromatic nitrogens is 1. The third kappa shape index (κ3) is 3.67. The molecule has 0 aliphatic heterocycles. The number of rotatable bonds is 5. The van der Waals surface area contributed by atoms with Crippen LogP contribution in [0.25, 0.3) is 0 Å². The van der Waals surface area contributed by atoms with Crippen LogP contribution >= 0.6 is 0 Å². The summed E-state index contributed by atoms with van der Waals surface area (Å²) in [6, 6.07) is 22.8. The first-order chi connectivity index (χ1) is 11.7. The van der Waals surface area contributed by atoms with Crippen LogP contribution in [-0.4, -0.2) is 19.1 Å². The lowest BCUT2D eigenvalue weighted by atomic mass is 10.1. The minimum Gasteiger partial charge on any atom is -0.255 e. The molecule has 0 bridgehead atoms. The summed E-state index contributed by atoms with van der Waals surface area (Å²) in [4.78, 5) is 6.71. The van der Waals surface area contributed by atoms with Crippen molar-refractivity contribution >= 4 is 15.7 Å². The van der Waals surface area contributed by atoms with E-state index in [1.807, 2.05) is 36.4 Å². The summed E-state index contributed by atoms with van der Waals surface area (Å²) in [6.07, 6.45) is 1.64. The number of benzene rings is 2. The second-order valence-corrected chi connectivity index (χ2v) is 6.61. The molecule has 0 fully saturated rings. The molecule has 1 heterocycles. The van der Waals surface area contributed by atoms with Gasteiger partial charge in [0.15, 0.2) is 0 Å². The van der Waals surface area contributed by atoms with E-state index in [0.29, 0.717) is 11.4 Å². The summed E-state index contributed by atoms with van der Waals surface area (Å²) < 4.78 is 24.7. The van der Waals surface area contributed by atoms with Crippen molar-refractivity contribution in [1.82, 2.24) is 9.82 Å². The molecule has 0 spiro atoms. The quantitative estimate of drug-likeness (QED) is 0.575. The van der Waals surface area contributed by atoms with Crippen molar-refractivity contribution in [2.45, 2.75) is 4.90 Å². The fourth-order valence-corrected chi connectivity index (χ4v) is 2.96. The average molecular weight is 337 g/mol. The van der Waals surface area contributed by atoms with Crippen molar-refractivity contribution in [3.8, 4) is 0 Å². The summed E-state index contributed by atoms with van der Waals surface area (Å²) in [5.41, 5.74) is 1.81. The Labute approximate surface area is 140 Å². The Bertz CT molecular complexity index is 884. The highest BCUT2D eigenvalue weighted by molar-refractivity contribution is 7.89. The molecule has 3 aromatic rings. The first-order valence-electron chi connectivity index (χ1n) is 7.28. The normalized spacial score (nSPS) is 11.9. The summed E-state index contributed by atoms with van der Waals surface area (Å²) in [5, 5.41) is 4.13. The zero-order valence-electron chi connectivity index (χ0n) is 12.7. The second kappa shape index (κ2) is 7.06. The van der Waals surface area contributed by atoms with E-state index >= 15 is 0 Å². The summed E-state index contributed by atoms with van der Waals surface area (Å²) in [6.45, 7) is 0. The Kier molecular flexibility index (Phi) is 4.67. The van der Waals surface area contributed by atoms with Crippen molar-refractivity contribution in [3.63, 3.8) is 0 Å². The molecule has 0 aliphatic rings. The van der Waals surface area contributed by atoms with Gasteiger partial charge in [-0.3, -0.25) is 4.98 Å². The predicted molar refractivity (Wildman–Crippen MR) is 93.1 cm³/mol. The highest BCUT2D eigenvalue weighted by Crippen LogP contribution is 2.11. The van der Waals surface area contributed by atoms with Gasteiger partial charge in [0.2, 0.25) is 0 Å². The van der Waals surface area contributed by atoms with E-state index in [2.05, 4.69) is 14.9 Å². The standard InChI is InChI=1S/C18H15N3O2S/c22-24(23,16-11-5-2-6-12-16)21-20-18(15-9-3-1-4-10-15)17-13-7-8-14-19-17/h1-14,21H/b20-18-. The maximum atomic E-state index is 12.4. The van der Waals surface area contributed by atoms with Gasteiger partial charge >= 0.3 is 0 Å². The van der Waals surface area contributed by atoms with Crippen LogP contribution in [0.1, 0.15) is 11.3 Å². The monoisotopic (exact) mass is 337 g/mol. The van der Waals surface area contributed by atoms with Gasteiger partial charge in [-0.05, 0) is 24.3 Å². The molecule has 0 saturated carbocycles. The molecule has 1 aromatic heterocycles. The lowest BCUT2D eigenvalue weighted by Gasteiger charge is -2.08. The first kappa shape index (κ1) is 15.9. The molecule has 0 unspecified atom stereocenters. The van der Waals surface area contributed by atoms with Crippen LogP contribution in [0.2, 0.25) is 0 Å². The number of nitrogens with one attached hydrogen (secondary N) is 1. The van der Waals surface area contributed by atoms with Crippen LogP contribution in [0.15, 0.2) is 95.1 Å². The number of sulfonamides is 1. The van der Waals surface area contributed by atoms with Gasteiger partial charge in [-0.15, -0.1) is 0 Å². The lowest BCUT2D eigenvalue weighted by Crippen LogP contribution is -2.21. The molecule has 3 rings (SSSR count). The van der Waals surface area contributed by atoms with Crippen LogP contribution in [-0.2, 0) is 10.0 Å². The molecule has 120 valence electrons. The van der Waals surface area contributed by atoms with E-state index in [0.717, 1.165) is 5.56 Å². The van der Waals surface area contributed by atoms with Gasteiger partial charge in [0, 0.05) is 11.8 Å². The van der Waals surface area contributed by atoms with Gasteiger partial charge in [-0.1, -0.05) is 54.6 Å². The smallest absolute Gasteiger partial charge is 0.255 e. The van der Waals surface area contributed by atoms with Gasteiger partial charge in [-0.2, -0.15) is 18.4 Å². The predicted octanol–water partition coefficient (Wildman–Crippen LogP) is 2.81. The Morgan fingerprint density at radius 2 is 1.46 bits per heavy atom. The number of nitrogens with zero attached hydrogens (tertiary/aromatic N) is 2. The molecule has 5 nitrogen and oxygen atoms in total. The molecule has 0 amide bonds. The molecule has 0 saturated heterocycles. The van der Waals surface area contributed by atoms with Crippen LogP contribution in [0.4, 0.5) is 0 Å². The Morgan fingerprint density at radius 3 is 2.08 bits per heavy atom. The molecule has 24 heavy (non-hydrogen) atoms. The maximum absolute atomic E-state index is 12.4. The van der Waals surface area contributed by atoms with Gasteiger partial charge in [0.25, 0.3) is 10.0 Å². The van der Waals surface area contributed by atoms with Crippen molar-refractivity contribution < 1.29 is 8.42 Å². The third-order valence-corrected chi connectivity index (χ3v) is 4.51. The van der Waals surface area contributed by atoms with E-state index in [9.17, 15) is 8.42 Å². The molecular weight excluding hydrogens is 322 g/mol. The van der Waals surface area contributed by atoms with Crippen LogP contribution in [0.5, 0.6) is 0 Å². The minimum absolute atomic E-state index is 0.155. The minimum atomic E-state index is -3.74. The van der Waals surface area contributed by atoms with Crippen molar-refractivity contribution in [3.05, 3.63) is 96.3 Å². The van der Waals surface area contributed by atoms with Crippen molar-refractivity contribution in [1.29, 1.82) is 0 Å². The lowest BCUT2D eigenvalue weighted by molar-refractivity contribution is 0.584. The summed E-state index contributed by atoms with van der Waals surface area (Å²) >= 11 is 0. The Morgan fingerprint density at radius 1 is 0.833 bits per heavy atom. The molecule has 2 aromatic carbocycles. The zero-order chi connectivity index (χ0) is 16.8. The zero-order valence-corrected chi connectivity index (χ0v) is 13.5. The SMILES string of the molecule is O=S(=O)(N/N=C(/c1ccccc1)c1ccccn1)c1ccccc1. The van der Waals surface area contributed by atoms with Gasteiger partial charge in [-0.25, -0.2) is 0 Å². The van der Waals surface area contributed by atoms with Gasteiger partial charge < -0.3 is 0 Å². The third-order valence-electron chi connectivity index (χ3n) is 3.29. The second-order valence-electron chi connectivity index (χ2n) is 4.95. The number of hydrazone groups is 1. The van der Waals surface area contributed by atoms with Crippen molar-refractivity contribution in [2.75, 3.05) is 0 Å². The number of hydrogen-bond acceptors (Lipinski definition) is 4. The largest absolute Gasteiger partial charge is 0.276 e. The topological polar surface area (TPSA) is 71.4 Å². The molecule has 6 heteroatoms.